The molecule has 0 fully saturated rings. The molecule has 1 amide bonds. The highest BCUT2D eigenvalue weighted by molar-refractivity contribution is 5.86. The lowest BCUT2D eigenvalue weighted by atomic mass is 10.0. The quantitative estimate of drug-likeness (QED) is 0.649. The molecule has 0 radical (unpaired) electrons. The van der Waals surface area contributed by atoms with Crippen LogP contribution in [0.15, 0.2) is 41.5 Å². The SMILES string of the molecule is Cc1cc(C)c(/C=N\NC(=O)Cc2cccc(C(F)(F)F)c2)c(C)c1. The maximum Gasteiger partial charge on any atom is 0.416 e. The summed E-state index contributed by atoms with van der Waals surface area (Å²) in [5, 5.41) is 3.91. The largest absolute Gasteiger partial charge is 0.416 e. The summed E-state index contributed by atoms with van der Waals surface area (Å²) in [7, 11) is 0. The third kappa shape index (κ3) is 5.17. The fourth-order valence-electron chi connectivity index (χ4n) is 2.65. The van der Waals surface area contributed by atoms with Gasteiger partial charge < -0.3 is 0 Å². The third-order valence-corrected chi connectivity index (χ3v) is 3.74. The van der Waals surface area contributed by atoms with Gasteiger partial charge in [0.1, 0.15) is 0 Å². The van der Waals surface area contributed by atoms with Crippen LogP contribution in [0.1, 0.15) is 33.4 Å². The zero-order valence-electron chi connectivity index (χ0n) is 14.2. The number of hydrogen-bond donors (Lipinski definition) is 1. The monoisotopic (exact) mass is 348 g/mol. The lowest BCUT2D eigenvalue weighted by molar-refractivity contribution is -0.137. The topological polar surface area (TPSA) is 41.5 Å². The van der Waals surface area contributed by atoms with Crippen LogP contribution in [0.5, 0.6) is 0 Å². The van der Waals surface area contributed by atoms with E-state index in [1.165, 1.54) is 12.1 Å². The second-order valence-corrected chi connectivity index (χ2v) is 5.98. The smallest absolute Gasteiger partial charge is 0.273 e. The van der Waals surface area contributed by atoms with Crippen LogP contribution in [-0.2, 0) is 17.4 Å². The second kappa shape index (κ2) is 7.51. The number of rotatable bonds is 4. The maximum atomic E-state index is 12.7. The first-order valence-corrected chi connectivity index (χ1v) is 7.72. The van der Waals surface area contributed by atoms with Crippen LogP contribution in [0.25, 0.3) is 0 Å². The van der Waals surface area contributed by atoms with Crippen molar-refractivity contribution in [1.29, 1.82) is 0 Å². The molecule has 0 unspecified atom stereocenters. The number of carbonyl (C=O) groups is 1. The molecule has 3 nitrogen and oxygen atoms in total. The van der Waals surface area contributed by atoms with Crippen LogP contribution in [0, 0.1) is 20.8 Å². The van der Waals surface area contributed by atoms with Crippen molar-refractivity contribution >= 4 is 12.1 Å². The zero-order chi connectivity index (χ0) is 18.6. The van der Waals surface area contributed by atoms with Crippen LogP contribution in [0.3, 0.4) is 0 Å². The van der Waals surface area contributed by atoms with Gasteiger partial charge >= 0.3 is 6.18 Å². The van der Waals surface area contributed by atoms with E-state index in [1.54, 1.807) is 6.21 Å². The van der Waals surface area contributed by atoms with Gasteiger partial charge in [0.05, 0.1) is 18.2 Å². The van der Waals surface area contributed by atoms with Crippen molar-refractivity contribution in [2.75, 3.05) is 0 Å². The van der Waals surface area contributed by atoms with E-state index < -0.39 is 17.6 Å². The first kappa shape index (κ1) is 18.7. The number of hydrazone groups is 1. The van der Waals surface area contributed by atoms with Gasteiger partial charge in [-0.15, -0.1) is 0 Å². The van der Waals surface area contributed by atoms with E-state index >= 15 is 0 Å². The molecule has 132 valence electrons. The second-order valence-electron chi connectivity index (χ2n) is 5.98. The number of aryl methyl sites for hydroxylation is 3. The number of amides is 1. The molecule has 6 heteroatoms. The lowest BCUT2D eigenvalue weighted by Crippen LogP contribution is -2.20. The Labute approximate surface area is 144 Å². The summed E-state index contributed by atoms with van der Waals surface area (Å²) in [5.41, 5.74) is 5.99. The van der Waals surface area contributed by atoms with Gasteiger partial charge in [-0.3, -0.25) is 4.79 Å². The van der Waals surface area contributed by atoms with Gasteiger partial charge in [0.15, 0.2) is 0 Å². The highest BCUT2D eigenvalue weighted by Crippen LogP contribution is 2.29. The number of nitrogens with one attached hydrogen (secondary N) is 1. The highest BCUT2D eigenvalue weighted by Gasteiger charge is 2.30. The average molecular weight is 348 g/mol. The van der Waals surface area contributed by atoms with Gasteiger partial charge in [-0.1, -0.05) is 35.9 Å². The zero-order valence-corrected chi connectivity index (χ0v) is 14.2. The summed E-state index contributed by atoms with van der Waals surface area (Å²) < 4.78 is 38.0. The first-order valence-electron chi connectivity index (χ1n) is 7.72. The molecular weight excluding hydrogens is 329 g/mol. The Morgan fingerprint density at radius 2 is 1.76 bits per heavy atom. The molecule has 0 saturated carbocycles. The first-order chi connectivity index (χ1) is 11.7. The van der Waals surface area contributed by atoms with E-state index in [4.69, 9.17) is 0 Å². The summed E-state index contributed by atoms with van der Waals surface area (Å²) in [4.78, 5) is 11.9. The van der Waals surface area contributed by atoms with Crippen molar-refractivity contribution < 1.29 is 18.0 Å². The minimum absolute atomic E-state index is 0.173. The molecule has 2 aromatic carbocycles. The predicted octanol–water partition coefficient (Wildman–Crippen LogP) is 4.32. The number of hydrogen-bond acceptors (Lipinski definition) is 2. The number of carbonyl (C=O) groups excluding carboxylic acids is 1. The summed E-state index contributed by atoms with van der Waals surface area (Å²) >= 11 is 0. The van der Waals surface area contributed by atoms with Crippen LogP contribution < -0.4 is 5.43 Å². The maximum absolute atomic E-state index is 12.7. The van der Waals surface area contributed by atoms with E-state index in [9.17, 15) is 18.0 Å². The van der Waals surface area contributed by atoms with Crippen molar-refractivity contribution in [3.05, 3.63) is 69.8 Å². The lowest BCUT2D eigenvalue weighted by Gasteiger charge is -2.08. The molecule has 0 saturated heterocycles. The van der Waals surface area contributed by atoms with Crippen molar-refractivity contribution in [3.8, 4) is 0 Å². The predicted molar refractivity (Wildman–Crippen MR) is 91.5 cm³/mol. The molecule has 0 bridgehead atoms. The van der Waals surface area contributed by atoms with Crippen LogP contribution in [0.2, 0.25) is 0 Å². The van der Waals surface area contributed by atoms with Gasteiger partial charge in [0.25, 0.3) is 0 Å². The van der Waals surface area contributed by atoms with Crippen LogP contribution in [-0.4, -0.2) is 12.1 Å². The molecule has 0 aliphatic carbocycles. The molecule has 0 atom stereocenters. The molecule has 2 rings (SSSR count). The van der Waals surface area contributed by atoms with E-state index in [2.05, 4.69) is 10.5 Å². The highest BCUT2D eigenvalue weighted by atomic mass is 19.4. The number of nitrogens with zero attached hydrogens (tertiary/aromatic N) is 1. The van der Waals surface area contributed by atoms with E-state index in [-0.39, 0.29) is 12.0 Å². The van der Waals surface area contributed by atoms with Crippen molar-refractivity contribution in [2.24, 2.45) is 5.10 Å². The fourth-order valence-corrected chi connectivity index (χ4v) is 2.65. The molecule has 25 heavy (non-hydrogen) atoms. The third-order valence-electron chi connectivity index (χ3n) is 3.74. The number of alkyl halides is 3. The van der Waals surface area contributed by atoms with E-state index in [0.29, 0.717) is 0 Å². The van der Waals surface area contributed by atoms with Gasteiger partial charge in [-0.2, -0.15) is 18.3 Å². The van der Waals surface area contributed by atoms with Gasteiger partial charge in [0, 0.05) is 5.56 Å². The minimum Gasteiger partial charge on any atom is -0.273 e. The Kier molecular flexibility index (Phi) is 5.62. The molecule has 0 aliphatic heterocycles. The summed E-state index contributed by atoms with van der Waals surface area (Å²) in [6.07, 6.45) is -3.05. The molecular formula is C19H19F3N2O. The van der Waals surface area contributed by atoms with Gasteiger partial charge in [-0.25, -0.2) is 5.43 Å². The van der Waals surface area contributed by atoms with Gasteiger partial charge in [-0.05, 0) is 43.5 Å². The van der Waals surface area contributed by atoms with Gasteiger partial charge in [0.2, 0.25) is 5.91 Å². The Morgan fingerprint density at radius 3 is 2.36 bits per heavy atom. The van der Waals surface area contributed by atoms with Crippen LogP contribution >= 0.6 is 0 Å². The Morgan fingerprint density at radius 1 is 1.12 bits per heavy atom. The number of halogens is 3. The van der Waals surface area contributed by atoms with Crippen LogP contribution in [0.4, 0.5) is 13.2 Å². The molecule has 2 aromatic rings. The Hall–Kier alpha value is -2.63. The number of benzene rings is 2. The fraction of sp³-hybridized carbons (Fsp3) is 0.263. The molecule has 0 heterocycles. The normalized spacial score (nSPS) is 11.8. The average Bonchev–Trinajstić information content (AvgIpc) is 2.49. The Bertz CT molecular complexity index is 788. The van der Waals surface area contributed by atoms with E-state index in [1.807, 2.05) is 32.9 Å². The summed E-state index contributed by atoms with van der Waals surface area (Å²) in [5.74, 6) is -0.474. The van der Waals surface area contributed by atoms with E-state index in [0.717, 1.165) is 34.4 Å². The standard InChI is InChI=1S/C19H19F3N2O/c1-12-7-13(2)17(14(3)8-12)11-23-24-18(25)10-15-5-4-6-16(9-15)19(20,21)22/h4-9,11H,10H2,1-3H3,(H,24,25)/b23-11-. The molecule has 1 N–H and O–H groups in total. The molecule has 0 aliphatic rings. The molecule has 0 aromatic heterocycles. The summed E-state index contributed by atoms with van der Waals surface area (Å²) in [6, 6.07) is 8.73. The Balaban J connectivity index is 2.02. The van der Waals surface area contributed by atoms with Crippen molar-refractivity contribution in [1.82, 2.24) is 5.43 Å². The molecule has 0 spiro atoms. The summed E-state index contributed by atoms with van der Waals surface area (Å²) in [6.45, 7) is 5.90. The van der Waals surface area contributed by atoms with Crippen molar-refractivity contribution in [3.63, 3.8) is 0 Å². The van der Waals surface area contributed by atoms with Crippen molar-refractivity contribution in [2.45, 2.75) is 33.4 Å². The minimum atomic E-state index is -4.43.